The standard InChI is InChI=1S/C15H11NO/c16-14-7-3-5-11-8-10-4-1-2-6-12(10)13(9-17)15(11)14/h1-9H,16H2. The molecule has 0 fully saturated rings. The molecule has 17 heavy (non-hydrogen) atoms. The van der Waals surface area contributed by atoms with Crippen molar-refractivity contribution in [3.8, 4) is 0 Å². The molecule has 0 aliphatic rings. The van der Waals surface area contributed by atoms with Gasteiger partial charge in [-0.3, -0.25) is 4.79 Å². The quantitative estimate of drug-likeness (QED) is 0.389. The largest absolute Gasteiger partial charge is 0.398 e. The maximum absolute atomic E-state index is 11.3. The van der Waals surface area contributed by atoms with Crippen molar-refractivity contribution in [3.05, 3.63) is 54.1 Å². The molecule has 2 nitrogen and oxygen atoms in total. The summed E-state index contributed by atoms with van der Waals surface area (Å²) in [6, 6.07) is 15.6. The number of aldehydes is 1. The van der Waals surface area contributed by atoms with Crippen LogP contribution in [0.3, 0.4) is 0 Å². The second-order valence-electron chi connectivity index (χ2n) is 4.07. The zero-order valence-electron chi connectivity index (χ0n) is 9.18. The van der Waals surface area contributed by atoms with Crippen LogP contribution in [0.2, 0.25) is 0 Å². The number of fused-ring (bicyclic) bond motifs is 2. The van der Waals surface area contributed by atoms with Crippen molar-refractivity contribution in [1.29, 1.82) is 0 Å². The van der Waals surface area contributed by atoms with Gasteiger partial charge in [-0.15, -0.1) is 0 Å². The highest BCUT2D eigenvalue weighted by molar-refractivity contribution is 6.15. The lowest BCUT2D eigenvalue weighted by molar-refractivity contribution is 0.112. The fourth-order valence-corrected chi connectivity index (χ4v) is 2.31. The highest BCUT2D eigenvalue weighted by Gasteiger charge is 2.08. The molecule has 0 aliphatic heterocycles. The number of carbonyl (C=O) groups is 1. The van der Waals surface area contributed by atoms with Crippen LogP contribution in [-0.2, 0) is 0 Å². The minimum Gasteiger partial charge on any atom is -0.398 e. The first-order valence-corrected chi connectivity index (χ1v) is 5.46. The SMILES string of the molecule is Nc1cccc2cc3ccccc3c(C=O)c12. The van der Waals surface area contributed by atoms with Crippen molar-refractivity contribution in [2.24, 2.45) is 0 Å². The molecule has 82 valence electrons. The molecule has 3 aromatic carbocycles. The molecule has 0 amide bonds. The lowest BCUT2D eigenvalue weighted by atomic mass is 9.96. The fourth-order valence-electron chi connectivity index (χ4n) is 2.31. The number of nitrogens with two attached hydrogens (primary N) is 1. The molecule has 2 heteroatoms. The Balaban J connectivity index is 2.64. The van der Waals surface area contributed by atoms with Gasteiger partial charge in [0.1, 0.15) is 0 Å². The van der Waals surface area contributed by atoms with Gasteiger partial charge in [-0.25, -0.2) is 0 Å². The maximum Gasteiger partial charge on any atom is 0.151 e. The van der Waals surface area contributed by atoms with Gasteiger partial charge in [-0.1, -0.05) is 36.4 Å². The van der Waals surface area contributed by atoms with Crippen LogP contribution in [0.1, 0.15) is 10.4 Å². The van der Waals surface area contributed by atoms with E-state index in [0.717, 1.165) is 27.8 Å². The van der Waals surface area contributed by atoms with Crippen molar-refractivity contribution in [2.45, 2.75) is 0 Å². The Hall–Kier alpha value is -2.35. The Morgan fingerprint density at radius 2 is 1.71 bits per heavy atom. The lowest BCUT2D eigenvalue weighted by Gasteiger charge is -2.08. The van der Waals surface area contributed by atoms with Gasteiger partial charge in [0.25, 0.3) is 0 Å². The molecule has 0 bridgehead atoms. The van der Waals surface area contributed by atoms with Crippen LogP contribution in [-0.4, -0.2) is 6.29 Å². The van der Waals surface area contributed by atoms with Gasteiger partial charge in [-0.05, 0) is 28.3 Å². The van der Waals surface area contributed by atoms with E-state index in [2.05, 4.69) is 6.07 Å². The summed E-state index contributed by atoms with van der Waals surface area (Å²) in [6.07, 6.45) is 0.890. The second-order valence-corrected chi connectivity index (χ2v) is 4.07. The van der Waals surface area contributed by atoms with E-state index in [1.807, 2.05) is 42.5 Å². The van der Waals surface area contributed by atoms with Crippen molar-refractivity contribution >= 4 is 33.5 Å². The van der Waals surface area contributed by atoms with Crippen molar-refractivity contribution in [3.63, 3.8) is 0 Å². The van der Waals surface area contributed by atoms with Crippen LogP contribution < -0.4 is 5.73 Å². The highest BCUT2D eigenvalue weighted by Crippen LogP contribution is 2.30. The normalized spacial score (nSPS) is 10.8. The van der Waals surface area contributed by atoms with Crippen LogP contribution in [0.4, 0.5) is 5.69 Å². The molecule has 0 atom stereocenters. The molecule has 0 spiro atoms. The molecular weight excluding hydrogens is 210 g/mol. The third-order valence-corrected chi connectivity index (χ3v) is 3.08. The third kappa shape index (κ3) is 1.38. The summed E-state index contributed by atoms with van der Waals surface area (Å²) in [5.41, 5.74) is 7.29. The first-order valence-electron chi connectivity index (χ1n) is 5.46. The Kier molecular flexibility index (Phi) is 2.08. The summed E-state index contributed by atoms with van der Waals surface area (Å²) >= 11 is 0. The Morgan fingerprint density at radius 3 is 2.53 bits per heavy atom. The van der Waals surface area contributed by atoms with E-state index in [9.17, 15) is 4.79 Å². The molecule has 0 radical (unpaired) electrons. The Bertz CT molecular complexity index is 731. The predicted octanol–water partition coefficient (Wildman–Crippen LogP) is 3.39. The van der Waals surface area contributed by atoms with Crippen LogP contribution >= 0.6 is 0 Å². The number of benzene rings is 3. The lowest BCUT2D eigenvalue weighted by Crippen LogP contribution is -1.93. The molecule has 3 aromatic rings. The van der Waals surface area contributed by atoms with E-state index in [1.54, 1.807) is 0 Å². The van der Waals surface area contributed by atoms with Crippen LogP contribution in [0.5, 0.6) is 0 Å². The fraction of sp³-hybridized carbons (Fsp3) is 0. The van der Waals surface area contributed by atoms with Crippen molar-refractivity contribution in [2.75, 3.05) is 5.73 Å². The zero-order chi connectivity index (χ0) is 11.8. The molecule has 0 unspecified atom stereocenters. The van der Waals surface area contributed by atoms with Crippen molar-refractivity contribution in [1.82, 2.24) is 0 Å². The Labute approximate surface area is 98.7 Å². The molecule has 2 N–H and O–H groups in total. The number of anilines is 1. The van der Waals surface area contributed by atoms with Gasteiger partial charge in [0.2, 0.25) is 0 Å². The number of hydrogen-bond acceptors (Lipinski definition) is 2. The maximum atomic E-state index is 11.3. The summed E-state index contributed by atoms with van der Waals surface area (Å²) in [5.74, 6) is 0. The van der Waals surface area contributed by atoms with Gasteiger partial charge >= 0.3 is 0 Å². The number of hydrogen-bond donors (Lipinski definition) is 1. The molecule has 0 heterocycles. The summed E-state index contributed by atoms with van der Waals surface area (Å²) in [7, 11) is 0. The van der Waals surface area contributed by atoms with Crippen LogP contribution in [0, 0.1) is 0 Å². The van der Waals surface area contributed by atoms with Gasteiger partial charge in [0.05, 0.1) is 0 Å². The van der Waals surface area contributed by atoms with Gasteiger partial charge in [0.15, 0.2) is 6.29 Å². The zero-order valence-corrected chi connectivity index (χ0v) is 9.18. The smallest absolute Gasteiger partial charge is 0.151 e. The van der Waals surface area contributed by atoms with Gasteiger partial charge in [0, 0.05) is 16.6 Å². The van der Waals surface area contributed by atoms with Gasteiger partial charge < -0.3 is 5.73 Å². The van der Waals surface area contributed by atoms with E-state index in [0.29, 0.717) is 11.3 Å². The minimum atomic E-state index is 0.648. The third-order valence-electron chi connectivity index (χ3n) is 3.08. The average molecular weight is 221 g/mol. The highest BCUT2D eigenvalue weighted by atomic mass is 16.1. The van der Waals surface area contributed by atoms with Crippen molar-refractivity contribution < 1.29 is 4.79 Å². The number of rotatable bonds is 1. The first-order chi connectivity index (χ1) is 8.31. The summed E-state index contributed by atoms with van der Waals surface area (Å²) in [6.45, 7) is 0. The molecule has 0 saturated carbocycles. The first kappa shape index (κ1) is 9.85. The van der Waals surface area contributed by atoms with E-state index in [1.165, 1.54) is 0 Å². The molecule has 0 aromatic heterocycles. The number of carbonyl (C=O) groups excluding carboxylic acids is 1. The molecule has 3 rings (SSSR count). The number of nitrogen functional groups attached to an aromatic ring is 1. The summed E-state index contributed by atoms with van der Waals surface area (Å²) in [5, 5.41) is 3.87. The summed E-state index contributed by atoms with van der Waals surface area (Å²) in [4.78, 5) is 11.3. The topological polar surface area (TPSA) is 43.1 Å². The molecular formula is C15H11NO. The van der Waals surface area contributed by atoms with Crippen LogP contribution in [0.15, 0.2) is 48.5 Å². The summed E-state index contributed by atoms with van der Waals surface area (Å²) < 4.78 is 0. The monoisotopic (exact) mass is 221 g/mol. The predicted molar refractivity (Wildman–Crippen MR) is 71.3 cm³/mol. The van der Waals surface area contributed by atoms with E-state index < -0.39 is 0 Å². The molecule has 0 aliphatic carbocycles. The minimum absolute atomic E-state index is 0.648. The Morgan fingerprint density at radius 1 is 0.941 bits per heavy atom. The second kappa shape index (κ2) is 3.59. The average Bonchev–Trinajstić information content (AvgIpc) is 2.36. The molecule has 0 saturated heterocycles. The van der Waals surface area contributed by atoms with Gasteiger partial charge in [-0.2, -0.15) is 0 Å². The van der Waals surface area contributed by atoms with E-state index >= 15 is 0 Å². The van der Waals surface area contributed by atoms with Crippen LogP contribution in [0.25, 0.3) is 21.5 Å². The van der Waals surface area contributed by atoms with E-state index in [-0.39, 0.29) is 0 Å². The van der Waals surface area contributed by atoms with E-state index in [4.69, 9.17) is 5.73 Å².